The van der Waals surface area contributed by atoms with E-state index in [0.717, 1.165) is 69.5 Å². The third-order valence-electron chi connectivity index (χ3n) is 6.14. The van der Waals surface area contributed by atoms with Crippen LogP contribution in [0.3, 0.4) is 0 Å². The molecule has 8 heteroatoms. The standard InChI is InChI=1S/C25H32N6O2/c1-33-23-13-7-6-12-22(23)26-25(32)21-14-18-30(19-15-21)16-8-3-9-17-31-28-24(27-29-31)20-10-4-2-5-11-20/h2,4-7,10-13,21H,3,8-9,14-19H2,1H3,(H,26,32). The number of aromatic nitrogens is 4. The zero-order valence-corrected chi connectivity index (χ0v) is 19.2. The van der Waals surface area contributed by atoms with Gasteiger partial charge in [-0.05, 0) is 62.7 Å². The van der Waals surface area contributed by atoms with Gasteiger partial charge in [-0.15, -0.1) is 10.2 Å². The van der Waals surface area contributed by atoms with Gasteiger partial charge in [0.15, 0.2) is 0 Å². The molecule has 1 saturated heterocycles. The number of carbonyl (C=O) groups is 1. The van der Waals surface area contributed by atoms with Crippen molar-refractivity contribution in [3.63, 3.8) is 0 Å². The number of anilines is 1. The lowest BCUT2D eigenvalue weighted by atomic mass is 9.95. The lowest BCUT2D eigenvalue weighted by molar-refractivity contribution is -0.121. The largest absolute Gasteiger partial charge is 0.495 e. The van der Waals surface area contributed by atoms with E-state index in [-0.39, 0.29) is 11.8 Å². The summed E-state index contributed by atoms with van der Waals surface area (Å²) in [4.78, 5) is 16.8. The molecule has 0 bridgehead atoms. The average molecular weight is 449 g/mol. The topological polar surface area (TPSA) is 85.2 Å². The minimum Gasteiger partial charge on any atom is -0.495 e. The normalized spacial score (nSPS) is 14.8. The molecule has 2 aromatic carbocycles. The van der Waals surface area contributed by atoms with Gasteiger partial charge >= 0.3 is 0 Å². The van der Waals surface area contributed by atoms with Gasteiger partial charge in [0.2, 0.25) is 11.7 Å². The molecule has 1 aliphatic heterocycles. The van der Waals surface area contributed by atoms with Crippen LogP contribution in [0.4, 0.5) is 5.69 Å². The highest BCUT2D eigenvalue weighted by atomic mass is 16.5. The van der Waals surface area contributed by atoms with Gasteiger partial charge in [0.05, 0.1) is 19.3 Å². The molecule has 0 radical (unpaired) electrons. The summed E-state index contributed by atoms with van der Waals surface area (Å²) >= 11 is 0. The zero-order valence-electron chi connectivity index (χ0n) is 19.2. The number of hydrogen-bond acceptors (Lipinski definition) is 6. The summed E-state index contributed by atoms with van der Waals surface area (Å²) in [5.41, 5.74) is 1.73. The second kappa shape index (κ2) is 11.6. The first-order chi connectivity index (χ1) is 16.2. The van der Waals surface area contributed by atoms with Crippen LogP contribution in [-0.2, 0) is 11.3 Å². The smallest absolute Gasteiger partial charge is 0.227 e. The van der Waals surface area contributed by atoms with Crippen molar-refractivity contribution in [3.05, 3.63) is 54.6 Å². The van der Waals surface area contributed by atoms with E-state index in [2.05, 4.69) is 25.6 Å². The van der Waals surface area contributed by atoms with Gasteiger partial charge in [-0.1, -0.05) is 48.9 Å². The van der Waals surface area contributed by atoms with Gasteiger partial charge in [-0.2, -0.15) is 4.80 Å². The summed E-state index contributed by atoms with van der Waals surface area (Å²) < 4.78 is 5.33. The fraction of sp³-hybridized carbons (Fsp3) is 0.440. The monoisotopic (exact) mass is 448 g/mol. The molecule has 0 saturated carbocycles. The highest BCUT2D eigenvalue weighted by Crippen LogP contribution is 2.26. The number of nitrogens with one attached hydrogen (secondary N) is 1. The minimum absolute atomic E-state index is 0.0587. The van der Waals surface area contributed by atoms with Crippen LogP contribution in [0.25, 0.3) is 11.4 Å². The summed E-state index contributed by atoms with van der Waals surface area (Å²) in [5, 5.41) is 15.8. The highest BCUT2D eigenvalue weighted by molar-refractivity contribution is 5.94. The van der Waals surface area contributed by atoms with E-state index in [1.54, 1.807) is 11.9 Å². The molecule has 1 aromatic heterocycles. The van der Waals surface area contributed by atoms with Crippen LogP contribution in [0.1, 0.15) is 32.1 Å². The minimum atomic E-state index is 0.0587. The van der Waals surface area contributed by atoms with Crippen molar-refractivity contribution < 1.29 is 9.53 Å². The highest BCUT2D eigenvalue weighted by Gasteiger charge is 2.25. The number of benzene rings is 2. The predicted molar refractivity (Wildman–Crippen MR) is 128 cm³/mol. The number of carbonyl (C=O) groups excluding carboxylic acids is 1. The van der Waals surface area contributed by atoms with Crippen molar-refractivity contribution in [1.82, 2.24) is 25.1 Å². The average Bonchev–Trinajstić information content (AvgIpc) is 3.34. The van der Waals surface area contributed by atoms with Crippen molar-refractivity contribution in [2.24, 2.45) is 5.92 Å². The third kappa shape index (κ3) is 6.38. The van der Waals surface area contributed by atoms with Crippen LogP contribution in [0.15, 0.2) is 54.6 Å². The maximum absolute atomic E-state index is 12.7. The molecule has 0 aliphatic carbocycles. The molecule has 0 atom stereocenters. The SMILES string of the molecule is COc1ccccc1NC(=O)C1CCN(CCCCCn2nnc(-c3ccccc3)n2)CC1. The van der Waals surface area contributed by atoms with Crippen molar-refractivity contribution in [2.45, 2.75) is 38.6 Å². The predicted octanol–water partition coefficient (Wildman–Crippen LogP) is 3.87. The maximum Gasteiger partial charge on any atom is 0.227 e. The molecule has 8 nitrogen and oxygen atoms in total. The Morgan fingerprint density at radius 1 is 1.00 bits per heavy atom. The Kier molecular flexibility index (Phi) is 8.03. The van der Waals surface area contributed by atoms with E-state index in [1.807, 2.05) is 54.6 Å². The number of hydrogen-bond donors (Lipinski definition) is 1. The summed E-state index contributed by atoms with van der Waals surface area (Å²) in [7, 11) is 1.62. The van der Waals surface area contributed by atoms with Crippen molar-refractivity contribution >= 4 is 11.6 Å². The van der Waals surface area contributed by atoms with Gasteiger partial charge in [-0.3, -0.25) is 4.79 Å². The molecule has 1 aliphatic rings. The second-order valence-electron chi connectivity index (χ2n) is 8.44. The third-order valence-corrected chi connectivity index (χ3v) is 6.14. The summed E-state index contributed by atoms with van der Waals surface area (Å²) in [5.74, 6) is 1.52. The van der Waals surface area contributed by atoms with Crippen molar-refractivity contribution in [1.29, 1.82) is 0 Å². The van der Waals surface area contributed by atoms with E-state index < -0.39 is 0 Å². The Bertz CT molecular complexity index is 1010. The Morgan fingerprint density at radius 2 is 1.73 bits per heavy atom. The van der Waals surface area contributed by atoms with Gasteiger partial charge in [-0.25, -0.2) is 0 Å². The lowest BCUT2D eigenvalue weighted by Gasteiger charge is -2.31. The molecule has 0 spiro atoms. The van der Waals surface area contributed by atoms with Crippen LogP contribution >= 0.6 is 0 Å². The molecule has 3 aromatic rings. The number of unbranched alkanes of at least 4 members (excludes halogenated alkanes) is 2. The van der Waals surface area contributed by atoms with Gasteiger partial charge < -0.3 is 15.0 Å². The number of amides is 1. The van der Waals surface area contributed by atoms with E-state index in [4.69, 9.17) is 4.74 Å². The van der Waals surface area contributed by atoms with Gasteiger partial charge in [0, 0.05) is 11.5 Å². The molecular formula is C25H32N6O2. The molecule has 1 amide bonds. The number of ether oxygens (including phenoxy) is 1. The number of para-hydroxylation sites is 2. The first-order valence-corrected chi connectivity index (χ1v) is 11.7. The molecule has 1 fully saturated rings. The Hall–Kier alpha value is -3.26. The number of nitrogens with zero attached hydrogens (tertiary/aromatic N) is 5. The van der Waals surface area contributed by atoms with Crippen LogP contribution in [0.2, 0.25) is 0 Å². The first kappa shape index (κ1) is 22.9. The zero-order chi connectivity index (χ0) is 22.9. The van der Waals surface area contributed by atoms with Crippen LogP contribution in [0, 0.1) is 5.92 Å². The van der Waals surface area contributed by atoms with Gasteiger partial charge in [0.25, 0.3) is 0 Å². The summed E-state index contributed by atoms with van der Waals surface area (Å²) in [6.07, 6.45) is 5.08. The lowest BCUT2D eigenvalue weighted by Crippen LogP contribution is -2.38. The quantitative estimate of drug-likeness (QED) is 0.474. The second-order valence-corrected chi connectivity index (χ2v) is 8.44. The number of piperidine rings is 1. The fourth-order valence-corrected chi connectivity index (χ4v) is 4.21. The number of rotatable bonds is 10. The summed E-state index contributed by atoms with van der Waals surface area (Å²) in [6.45, 7) is 3.79. The molecule has 0 unspecified atom stereocenters. The van der Waals surface area contributed by atoms with Gasteiger partial charge in [0.1, 0.15) is 5.75 Å². The molecule has 33 heavy (non-hydrogen) atoms. The Balaban J connectivity index is 1.11. The van der Waals surface area contributed by atoms with E-state index in [1.165, 1.54) is 0 Å². The van der Waals surface area contributed by atoms with Crippen LogP contribution in [0.5, 0.6) is 5.75 Å². The first-order valence-electron chi connectivity index (χ1n) is 11.7. The van der Waals surface area contributed by atoms with E-state index >= 15 is 0 Å². The number of likely N-dealkylation sites (tertiary alicyclic amines) is 1. The summed E-state index contributed by atoms with van der Waals surface area (Å²) in [6, 6.07) is 17.5. The Morgan fingerprint density at radius 3 is 2.52 bits per heavy atom. The van der Waals surface area contributed by atoms with Crippen LogP contribution < -0.4 is 10.1 Å². The molecule has 4 rings (SSSR count). The van der Waals surface area contributed by atoms with Crippen molar-refractivity contribution in [2.75, 3.05) is 32.1 Å². The van der Waals surface area contributed by atoms with E-state index in [9.17, 15) is 4.79 Å². The molecule has 2 heterocycles. The fourth-order valence-electron chi connectivity index (χ4n) is 4.21. The number of methoxy groups -OCH3 is 1. The Labute approximate surface area is 194 Å². The molecule has 174 valence electrons. The molecule has 1 N–H and O–H groups in total. The van der Waals surface area contributed by atoms with E-state index in [0.29, 0.717) is 11.6 Å². The van der Waals surface area contributed by atoms with Crippen molar-refractivity contribution in [3.8, 4) is 17.1 Å². The number of tetrazole rings is 1. The number of aryl methyl sites for hydroxylation is 1. The van der Waals surface area contributed by atoms with Crippen LogP contribution in [-0.4, -0.2) is 57.8 Å². The molecular weight excluding hydrogens is 416 g/mol. The maximum atomic E-state index is 12.7.